The molecule has 3 aromatic rings. The number of nitriles is 1. The van der Waals surface area contributed by atoms with Crippen LogP contribution < -0.4 is 4.74 Å². The van der Waals surface area contributed by atoms with Crippen LogP contribution in [0.4, 0.5) is 4.39 Å². The lowest BCUT2D eigenvalue weighted by Gasteiger charge is -2.26. The van der Waals surface area contributed by atoms with Gasteiger partial charge in [-0.15, -0.1) is 0 Å². The molecular weight excluding hydrogens is 479 g/mol. The van der Waals surface area contributed by atoms with Crippen molar-refractivity contribution in [1.82, 2.24) is 19.8 Å². The van der Waals surface area contributed by atoms with Crippen molar-refractivity contribution < 1.29 is 9.13 Å². The molecule has 2 aromatic carbocycles. The second kappa shape index (κ2) is 13.5. The van der Waals surface area contributed by atoms with Crippen molar-refractivity contribution in [1.29, 1.82) is 10.7 Å². The van der Waals surface area contributed by atoms with Gasteiger partial charge in [-0.05, 0) is 81.6 Å². The highest BCUT2D eigenvalue weighted by atomic mass is 19.1. The molecule has 0 radical (unpaired) electrons. The van der Waals surface area contributed by atoms with Crippen molar-refractivity contribution in [2.24, 2.45) is 0 Å². The maximum Gasteiger partial charge on any atom is 0.137 e. The molecule has 1 aromatic heterocycles. The van der Waals surface area contributed by atoms with Crippen LogP contribution in [-0.2, 0) is 0 Å². The molecule has 2 fully saturated rings. The number of hydrogen-bond acceptors (Lipinski definition) is 5. The normalized spacial score (nSPS) is 17.3. The first-order valence-electron chi connectivity index (χ1n) is 13.2. The number of ether oxygens (including phenoxy) is 1. The Morgan fingerprint density at radius 2 is 2.05 bits per heavy atom. The number of nitrogens with zero attached hydrogens (tertiary/aromatic N) is 4. The van der Waals surface area contributed by atoms with Crippen molar-refractivity contribution >= 4 is 5.84 Å². The summed E-state index contributed by atoms with van der Waals surface area (Å²) in [7, 11) is 0. The third-order valence-corrected chi connectivity index (χ3v) is 6.90. The summed E-state index contributed by atoms with van der Waals surface area (Å²) in [6, 6.07) is 14.6. The van der Waals surface area contributed by atoms with Crippen molar-refractivity contribution in [3.63, 3.8) is 0 Å². The van der Waals surface area contributed by atoms with Crippen LogP contribution in [0.25, 0.3) is 11.3 Å². The maximum atomic E-state index is 13.2. The maximum absolute atomic E-state index is 13.2. The Morgan fingerprint density at radius 1 is 1.21 bits per heavy atom. The number of benzene rings is 2. The van der Waals surface area contributed by atoms with Crippen LogP contribution in [0.15, 0.2) is 67.1 Å². The van der Waals surface area contributed by atoms with E-state index in [0.717, 1.165) is 55.8 Å². The standard InChI is InChI=1S/C16H18N4O.C14H17FN2/c17-10-14-4-3-13(15-11-18-12-19-15)9-16(14)21-8-7-20-5-1-2-6-20;1-2-5-14(16)17-9-4-8-13(17)11-6-3-7-12(15)10-11/h3-4,9,11-12H,1-2,5-8H2,(H,18,19);2-3,5-7,10,13,16H,4,8-9H2,1H3/b;5-2-,16-14?. The largest absolute Gasteiger partial charge is 0.491 e. The van der Waals surface area contributed by atoms with Gasteiger partial charge >= 0.3 is 0 Å². The number of likely N-dealkylation sites (tertiary alicyclic amines) is 2. The van der Waals surface area contributed by atoms with Crippen LogP contribution in [0, 0.1) is 22.6 Å². The van der Waals surface area contributed by atoms with E-state index >= 15 is 0 Å². The molecule has 0 spiro atoms. The van der Waals surface area contributed by atoms with Gasteiger partial charge in [0.15, 0.2) is 0 Å². The van der Waals surface area contributed by atoms with Crippen molar-refractivity contribution in [3.8, 4) is 23.1 Å². The van der Waals surface area contributed by atoms with Gasteiger partial charge in [-0.3, -0.25) is 10.3 Å². The minimum atomic E-state index is -0.202. The Bertz CT molecular complexity index is 1260. The number of aromatic amines is 1. The van der Waals surface area contributed by atoms with E-state index in [1.807, 2.05) is 36.1 Å². The summed E-state index contributed by atoms with van der Waals surface area (Å²) < 4.78 is 19.0. The Balaban J connectivity index is 0.000000181. The fourth-order valence-corrected chi connectivity index (χ4v) is 4.98. The van der Waals surface area contributed by atoms with E-state index in [1.54, 1.807) is 36.8 Å². The van der Waals surface area contributed by atoms with Gasteiger partial charge in [-0.25, -0.2) is 9.37 Å². The zero-order valence-electron chi connectivity index (χ0n) is 21.9. The van der Waals surface area contributed by atoms with Crippen LogP contribution in [0.1, 0.15) is 49.8 Å². The third kappa shape index (κ3) is 7.08. The second-order valence-corrected chi connectivity index (χ2v) is 9.48. The highest BCUT2D eigenvalue weighted by molar-refractivity contribution is 5.90. The van der Waals surface area contributed by atoms with Crippen LogP contribution in [-0.4, -0.2) is 58.4 Å². The highest BCUT2D eigenvalue weighted by Gasteiger charge is 2.27. The van der Waals surface area contributed by atoms with Crippen LogP contribution in [0.5, 0.6) is 5.75 Å². The van der Waals surface area contributed by atoms with Gasteiger partial charge < -0.3 is 14.6 Å². The zero-order valence-corrected chi connectivity index (χ0v) is 21.9. The summed E-state index contributed by atoms with van der Waals surface area (Å²) in [5, 5.41) is 17.2. The Hall–Kier alpha value is -3.96. The molecule has 198 valence electrons. The van der Waals surface area contributed by atoms with E-state index in [4.69, 9.17) is 10.1 Å². The SMILES string of the molecule is C/C=C\C(=N)N1CCCC1c1cccc(F)c1.N#Cc1ccc(-c2cnc[nH]2)cc1OCCN1CCCC1. The zero-order chi connectivity index (χ0) is 26.7. The predicted octanol–water partition coefficient (Wildman–Crippen LogP) is 5.94. The lowest BCUT2D eigenvalue weighted by Crippen LogP contribution is -2.28. The van der Waals surface area contributed by atoms with Gasteiger partial charge in [-0.1, -0.05) is 24.3 Å². The number of rotatable bonds is 7. The molecule has 2 aliphatic rings. The molecule has 1 atom stereocenters. The van der Waals surface area contributed by atoms with Crippen LogP contribution in [0.2, 0.25) is 0 Å². The first kappa shape index (κ1) is 27.1. The molecule has 0 aliphatic carbocycles. The molecule has 2 aliphatic heterocycles. The molecule has 5 rings (SSSR count). The van der Waals surface area contributed by atoms with Crippen LogP contribution >= 0.6 is 0 Å². The van der Waals surface area contributed by atoms with Crippen molar-refractivity contribution in [2.45, 2.75) is 38.6 Å². The Morgan fingerprint density at radius 3 is 2.76 bits per heavy atom. The average molecular weight is 515 g/mol. The number of hydrogen-bond donors (Lipinski definition) is 2. The molecule has 8 heteroatoms. The molecule has 0 bridgehead atoms. The van der Waals surface area contributed by atoms with E-state index < -0.39 is 0 Å². The lowest BCUT2D eigenvalue weighted by atomic mass is 10.0. The quantitative estimate of drug-likeness (QED) is 0.301. The monoisotopic (exact) mass is 514 g/mol. The number of H-pyrrole nitrogens is 1. The number of nitrogens with one attached hydrogen (secondary N) is 2. The summed E-state index contributed by atoms with van der Waals surface area (Å²) in [5.41, 5.74) is 3.43. The molecule has 2 saturated heterocycles. The second-order valence-electron chi connectivity index (χ2n) is 9.48. The molecule has 0 saturated carbocycles. The molecule has 38 heavy (non-hydrogen) atoms. The van der Waals surface area contributed by atoms with E-state index in [2.05, 4.69) is 20.9 Å². The number of imidazole rings is 1. The van der Waals surface area contributed by atoms with Gasteiger partial charge in [0.05, 0.1) is 29.8 Å². The number of aromatic nitrogens is 2. The summed E-state index contributed by atoms with van der Waals surface area (Å²) in [4.78, 5) is 11.5. The van der Waals surface area contributed by atoms with E-state index in [0.29, 0.717) is 23.8 Å². The first-order valence-corrected chi connectivity index (χ1v) is 13.2. The fraction of sp³-hybridized carbons (Fsp3) is 0.367. The number of halogens is 1. The Kier molecular flexibility index (Phi) is 9.65. The molecule has 0 amide bonds. The molecule has 2 N–H and O–H groups in total. The lowest BCUT2D eigenvalue weighted by molar-refractivity contribution is 0.237. The van der Waals surface area contributed by atoms with Gasteiger partial charge in [0, 0.05) is 18.7 Å². The van der Waals surface area contributed by atoms with E-state index in [1.165, 1.54) is 18.9 Å². The number of allylic oxidation sites excluding steroid dienone is 1. The Labute approximate surface area is 224 Å². The van der Waals surface area contributed by atoms with Crippen molar-refractivity contribution in [3.05, 3.63) is 84.1 Å². The summed E-state index contributed by atoms with van der Waals surface area (Å²) in [6.45, 7) is 6.62. The van der Waals surface area contributed by atoms with Gasteiger partial charge in [0.25, 0.3) is 0 Å². The summed E-state index contributed by atoms with van der Waals surface area (Å²) in [5.74, 6) is 0.954. The van der Waals surface area contributed by atoms with Crippen molar-refractivity contribution in [2.75, 3.05) is 32.8 Å². The van der Waals surface area contributed by atoms with E-state index in [9.17, 15) is 9.65 Å². The number of amidine groups is 1. The smallest absolute Gasteiger partial charge is 0.137 e. The predicted molar refractivity (Wildman–Crippen MR) is 148 cm³/mol. The molecular formula is C30H35FN6O. The van der Waals surface area contributed by atoms with Gasteiger partial charge in [0.1, 0.15) is 30.1 Å². The summed E-state index contributed by atoms with van der Waals surface area (Å²) >= 11 is 0. The molecule has 7 nitrogen and oxygen atoms in total. The minimum Gasteiger partial charge on any atom is -0.491 e. The van der Waals surface area contributed by atoms with E-state index in [-0.39, 0.29) is 11.9 Å². The average Bonchev–Trinajstić information content (AvgIpc) is 3.72. The van der Waals surface area contributed by atoms with Crippen LogP contribution in [0.3, 0.4) is 0 Å². The highest BCUT2D eigenvalue weighted by Crippen LogP contribution is 2.32. The summed E-state index contributed by atoms with van der Waals surface area (Å²) in [6.07, 6.45) is 11.7. The van der Waals surface area contributed by atoms with Gasteiger partial charge in [-0.2, -0.15) is 5.26 Å². The first-order chi connectivity index (χ1) is 18.6. The molecule has 1 unspecified atom stereocenters. The topological polar surface area (TPSA) is 92.0 Å². The third-order valence-electron chi connectivity index (χ3n) is 6.90. The molecule has 3 heterocycles. The fourth-order valence-electron chi connectivity index (χ4n) is 4.98. The van der Waals surface area contributed by atoms with Gasteiger partial charge in [0.2, 0.25) is 0 Å². The minimum absolute atomic E-state index is 0.148.